The summed E-state index contributed by atoms with van der Waals surface area (Å²) in [6.45, 7) is -2.60. The summed E-state index contributed by atoms with van der Waals surface area (Å²) >= 11 is 0. The van der Waals surface area contributed by atoms with Crippen LogP contribution in [0.3, 0.4) is 0 Å². The van der Waals surface area contributed by atoms with Gasteiger partial charge in [0.15, 0.2) is 6.29 Å². The van der Waals surface area contributed by atoms with Crippen molar-refractivity contribution in [2.75, 3.05) is 27.2 Å². The van der Waals surface area contributed by atoms with Gasteiger partial charge in [0.05, 0.1) is 6.42 Å². The minimum Gasteiger partial charge on any atom is -0.550 e. The molecular weight excluding hydrogens is 364 g/mol. The van der Waals surface area contributed by atoms with E-state index in [1.807, 2.05) is 0 Å². The summed E-state index contributed by atoms with van der Waals surface area (Å²) < 4.78 is 22.6. The van der Waals surface area contributed by atoms with Crippen LogP contribution in [0.4, 0.5) is 0 Å². The number of ether oxygens (including phenoxy) is 5. The highest BCUT2D eigenvalue weighted by Crippen LogP contribution is 2.18. The highest BCUT2D eigenvalue weighted by atomic mass is 16.8. The van der Waals surface area contributed by atoms with Crippen molar-refractivity contribution < 1.29 is 63.9 Å². The number of cyclic esters (lactones) is 1. The fraction of sp³-hybridized carbons (Fsp3) is 0.846. The van der Waals surface area contributed by atoms with E-state index in [9.17, 15) is 14.7 Å². The average Bonchev–Trinajstić information content (AvgIpc) is 2.88. The highest BCUT2D eigenvalue weighted by Gasteiger charge is 2.36. The van der Waals surface area contributed by atoms with E-state index in [2.05, 4.69) is 18.9 Å². The molecule has 1 aliphatic rings. The molecule has 0 amide bonds. The molecule has 1 saturated heterocycles. The smallest absolute Gasteiger partial charge is 0.311 e. The third kappa shape index (κ3) is 11.2. The molecule has 26 heavy (non-hydrogen) atoms. The van der Waals surface area contributed by atoms with E-state index in [0.29, 0.717) is 0 Å². The van der Waals surface area contributed by atoms with Crippen LogP contribution < -0.4 is 5.11 Å². The lowest BCUT2D eigenvalue weighted by Crippen LogP contribution is -2.38. The van der Waals surface area contributed by atoms with Crippen molar-refractivity contribution in [1.82, 2.24) is 0 Å². The van der Waals surface area contributed by atoms with E-state index in [1.165, 1.54) is 0 Å². The van der Waals surface area contributed by atoms with Crippen molar-refractivity contribution in [2.45, 2.75) is 45.1 Å². The quantitative estimate of drug-likeness (QED) is 0.169. The van der Waals surface area contributed by atoms with Crippen LogP contribution in [0.25, 0.3) is 0 Å². The zero-order valence-corrected chi connectivity index (χ0v) is 13.1. The Hall–Kier alpha value is -1.42. The zero-order valence-electron chi connectivity index (χ0n) is 13.1. The first-order valence-electron chi connectivity index (χ1n) is 6.86. The number of hydrogen-bond donors (Lipinski definition) is 5. The normalized spacial score (nSPS) is 21.0. The first-order valence-corrected chi connectivity index (χ1v) is 6.86. The summed E-state index contributed by atoms with van der Waals surface area (Å²) in [7, 11) is 0. The van der Waals surface area contributed by atoms with Gasteiger partial charge in [0.1, 0.15) is 39.4 Å². The molecule has 0 radical (unpaired) electrons. The minimum absolute atomic E-state index is 0. The first kappa shape index (κ1) is 26.8. The molecule has 0 bridgehead atoms. The third-order valence-corrected chi connectivity index (χ3v) is 2.67. The van der Waals surface area contributed by atoms with E-state index in [-0.39, 0.29) is 13.8 Å². The maximum atomic E-state index is 10.7. The van der Waals surface area contributed by atoms with Crippen molar-refractivity contribution in [3.8, 4) is 0 Å². The number of carbonyl (C=O) groups is 2. The summed E-state index contributed by atoms with van der Waals surface area (Å²) in [6, 6.07) is 0. The molecule has 0 aromatic heterocycles. The Morgan fingerprint density at radius 3 is 2.15 bits per heavy atom. The van der Waals surface area contributed by atoms with Gasteiger partial charge in [-0.05, 0) is 0 Å². The van der Waals surface area contributed by atoms with Crippen molar-refractivity contribution in [3.05, 3.63) is 0 Å². The van der Waals surface area contributed by atoms with Gasteiger partial charge in [-0.25, -0.2) is 0 Å². The van der Waals surface area contributed by atoms with Crippen LogP contribution in [0.1, 0.15) is 20.3 Å². The fourth-order valence-electron chi connectivity index (χ4n) is 1.65. The maximum absolute atomic E-state index is 10.7. The molecule has 13 nitrogen and oxygen atoms in total. The molecule has 13 heteroatoms. The largest absolute Gasteiger partial charge is 0.550 e. The van der Waals surface area contributed by atoms with E-state index >= 15 is 0 Å². The summed E-state index contributed by atoms with van der Waals surface area (Å²) in [5.74, 6) is -1.93. The first-order chi connectivity index (χ1) is 11.9. The van der Waals surface area contributed by atoms with Crippen LogP contribution in [-0.4, -0.2) is 89.4 Å². The Kier molecular flexibility index (Phi) is 16.3. The van der Waals surface area contributed by atoms with Gasteiger partial charge in [0.25, 0.3) is 0 Å². The maximum Gasteiger partial charge on any atom is 0.311 e. The lowest BCUT2D eigenvalue weighted by atomic mass is 10.2. The Labute approximate surface area is 149 Å². The van der Waals surface area contributed by atoms with Crippen molar-refractivity contribution in [1.29, 1.82) is 0 Å². The van der Waals surface area contributed by atoms with Crippen LogP contribution in [0, 0.1) is 0 Å². The zero-order chi connectivity index (χ0) is 19.2. The van der Waals surface area contributed by atoms with Gasteiger partial charge < -0.3 is 59.1 Å². The summed E-state index contributed by atoms with van der Waals surface area (Å²) in [4.78, 5) is 20.8. The highest BCUT2D eigenvalue weighted by molar-refractivity contribution is 5.72. The van der Waals surface area contributed by atoms with Gasteiger partial charge in [0, 0.05) is 12.4 Å². The molecule has 0 aromatic rings. The van der Waals surface area contributed by atoms with E-state index < -0.39 is 70.3 Å². The fourth-order valence-corrected chi connectivity index (χ4v) is 1.65. The van der Waals surface area contributed by atoms with Crippen molar-refractivity contribution in [3.63, 3.8) is 0 Å². The van der Waals surface area contributed by atoms with E-state index in [1.54, 1.807) is 0 Å². The predicted molar refractivity (Wildman–Crippen MR) is 77.1 cm³/mol. The molecule has 1 fully saturated rings. The van der Waals surface area contributed by atoms with Crippen LogP contribution in [0.15, 0.2) is 0 Å². The SMILES string of the molecule is C.O=C([O-])CC(OCO)C(O)OCO.O=C1CC(OCO)C(OCO)O1. The van der Waals surface area contributed by atoms with Crippen LogP contribution >= 0.6 is 0 Å². The van der Waals surface area contributed by atoms with E-state index in [0.717, 1.165) is 0 Å². The number of esters is 1. The minimum atomic E-state index is -1.62. The second-order valence-electron chi connectivity index (χ2n) is 4.29. The molecule has 4 atom stereocenters. The molecule has 156 valence electrons. The second kappa shape index (κ2) is 15.8. The molecule has 1 aliphatic heterocycles. The molecule has 0 aromatic carbocycles. The average molecular weight is 389 g/mol. The summed E-state index contributed by atoms with van der Waals surface area (Å²) in [5, 5.41) is 52.4. The van der Waals surface area contributed by atoms with Crippen LogP contribution in [-0.2, 0) is 33.3 Å². The number of aliphatic carboxylic acids is 1. The second-order valence-corrected chi connectivity index (χ2v) is 4.29. The molecule has 5 N–H and O–H groups in total. The molecule has 1 rings (SSSR count). The van der Waals surface area contributed by atoms with Crippen LogP contribution in [0.2, 0.25) is 0 Å². The van der Waals surface area contributed by atoms with Gasteiger partial charge in [0.2, 0.25) is 6.29 Å². The van der Waals surface area contributed by atoms with Gasteiger partial charge >= 0.3 is 5.97 Å². The molecule has 1 heterocycles. The number of aliphatic hydroxyl groups excluding tert-OH is 5. The van der Waals surface area contributed by atoms with Crippen LogP contribution in [0.5, 0.6) is 0 Å². The van der Waals surface area contributed by atoms with Gasteiger partial charge in [-0.15, -0.1) is 0 Å². The predicted octanol–water partition coefficient (Wildman–Crippen LogP) is -4.06. The lowest BCUT2D eigenvalue weighted by molar-refractivity contribution is -0.312. The molecular formula is C13H25O13-. The lowest BCUT2D eigenvalue weighted by Gasteiger charge is -2.21. The Balaban J connectivity index is 0. The Morgan fingerprint density at radius 2 is 1.69 bits per heavy atom. The summed E-state index contributed by atoms with van der Waals surface area (Å²) in [5.41, 5.74) is 0. The topological polar surface area (TPSA) is 204 Å². The molecule has 4 unspecified atom stereocenters. The number of carboxylic acids is 1. The number of aliphatic hydroxyl groups is 5. The number of carbonyl (C=O) groups excluding carboxylic acids is 2. The number of carboxylic acid groups (broad SMARTS) is 1. The molecule has 0 spiro atoms. The standard InChI is InChI=1S/C6H12O7.C6H10O6.CH4/c7-2-12-4(1-5(9)10)6(11)13-3-8;7-2-10-4-1-5(9)12-6(4)11-3-8;/h4,6-8,11H,1-3H2,(H,9,10);4,6-8H,1-3H2;1H4/p-1. The van der Waals surface area contributed by atoms with E-state index in [4.69, 9.17) is 30.3 Å². The molecule has 0 saturated carbocycles. The Bertz CT molecular complexity index is 361. The monoisotopic (exact) mass is 389 g/mol. The van der Waals surface area contributed by atoms with Gasteiger partial charge in [-0.2, -0.15) is 0 Å². The molecule has 0 aliphatic carbocycles. The summed E-state index contributed by atoms with van der Waals surface area (Å²) in [6.07, 6.45) is -5.02. The van der Waals surface area contributed by atoms with Crippen molar-refractivity contribution in [2.24, 2.45) is 0 Å². The van der Waals surface area contributed by atoms with Gasteiger partial charge in [-0.3, -0.25) is 4.79 Å². The van der Waals surface area contributed by atoms with Gasteiger partial charge in [-0.1, -0.05) is 7.43 Å². The number of hydrogen-bond acceptors (Lipinski definition) is 13. The third-order valence-electron chi connectivity index (χ3n) is 2.67. The van der Waals surface area contributed by atoms with Crippen molar-refractivity contribution >= 4 is 11.9 Å². The number of rotatable bonds is 11. The Morgan fingerprint density at radius 1 is 1.12 bits per heavy atom.